The molecule has 0 spiro atoms. The number of carbonyl (C=O) groups excluding carboxylic acids is 5. The van der Waals surface area contributed by atoms with Gasteiger partial charge in [-0.15, -0.1) is 0 Å². The molecule has 2 amide bonds. The number of amides is 2. The number of Topliss-reactive ketones (excluding diaryl/α,β-unsaturated/α-hetero) is 2. The van der Waals surface area contributed by atoms with Gasteiger partial charge in [-0.2, -0.15) is 0 Å². The molecule has 9 heteroatoms. The minimum atomic E-state index is -0.708. The lowest BCUT2D eigenvalue weighted by Gasteiger charge is -2.28. The molecule has 0 radical (unpaired) electrons. The predicted octanol–water partition coefficient (Wildman–Crippen LogP) is 1.08. The summed E-state index contributed by atoms with van der Waals surface area (Å²) in [7, 11) is 0. The summed E-state index contributed by atoms with van der Waals surface area (Å²) in [5.74, 6) is -3.02. The molecule has 0 bridgehead atoms. The number of esters is 1. The normalized spacial score (nSPS) is 12.6. The standard InChI is InChI=1S/C22H36N2O7/c1-6-16(3)21(30)31-12-9-18(27)19(28)23-10-7-15(2)13-22(4,5)14-24-20(29)17(26)8-11-25/h6,15,25H,7-14H2,1-5H3,(H,23,28)(H,24,29). The number of aliphatic hydroxyl groups is 1. The zero-order valence-electron chi connectivity index (χ0n) is 19.2. The van der Waals surface area contributed by atoms with E-state index in [9.17, 15) is 24.0 Å². The van der Waals surface area contributed by atoms with E-state index in [2.05, 4.69) is 10.6 Å². The summed E-state index contributed by atoms with van der Waals surface area (Å²) in [5.41, 5.74) is 0.161. The molecule has 1 unspecified atom stereocenters. The Morgan fingerprint density at radius 2 is 1.61 bits per heavy atom. The van der Waals surface area contributed by atoms with Gasteiger partial charge in [0.25, 0.3) is 11.8 Å². The Morgan fingerprint density at radius 3 is 2.19 bits per heavy atom. The van der Waals surface area contributed by atoms with Gasteiger partial charge in [0.2, 0.25) is 11.6 Å². The maximum atomic E-state index is 11.9. The van der Waals surface area contributed by atoms with Crippen LogP contribution in [0.4, 0.5) is 0 Å². The minimum absolute atomic E-state index is 0.145. The van der Waals surface area contributed by atoms with Crippen LogP contribution in [0.1, 0.15) is 60.3 Å². The Morgan fingerprint density at radius 1 is 1.03 bits per heavy atom. The van der Waals surface area contributed by atoms with E-state index in [0.717, 1.165) is 6.42 Å². The first kappa shape index (κ1) is 28.5. The van der Waals surface area contributed by atoms with E-state index >= 15 is 0 Å². The number of carbonyl (C=O) groups is 5. The molecular formula is C22H36N2O7. The van der Waals surface area contributed by atoms with Crippen LogP contribution in [-0.4, -0.2) is 60.8 Å². The SMILES string of the molecule is CC=C(C)C(=O)OCCC(=O)C(=O)NCCC(C)CC(C)(C)CNC(=O)C(=O)CCO. The van der Waals surface area contributed by atoms with Crippen LogP contribution in [0.2, 0.25) is 0 Å². The van der Waals surface area contributed by atoms with Crippen molar-refractivity contribution in [3.8, 4) is 0 Å². The van der Waals surface area contributed by atoms with Crippen LogP contribution < -0.4 is 10.6 Å². The van der Waals surface area contributed by atoms with Crippen LogP contribution in [0.3, 0.4) is 0 Å². The largest absolute Gasteiger partial charge is 0.462 e. The molecular weight excluding hydrogens is 404 g/mol. The molecule has 3 N–H and O–H groups in total. The van der Waals surface area contributed by atoms with Crippen LogP contribution in [0.25, 0.3) is 0 Å². The van der Waals surface area contributed by atoms with Gasteiger partial charge in [0.1, 0.15) is 0 Å². The Bertz CT molecular complexity index is 683. The number of hydrogen-bond donors (Lipinski definition) is 3. The molecule has 0 aromatic carbocycles. The van der Waals surface area contributed by atoms with Crippen LogP contribution in [-0.2, 0) is 28.7 Å². The first-order valence-corrected chi connectivity index (χ1v) is 10.5. The molecule has 0 saturated carbocycles. The Balaban J connectivity index is 4.19. The third-order valence-electron chi connectivity index (χ3n) is 4.71. The van der Waals surface area contributed by atoms with Gasteiger partial charge in [0, 0.05) is 25.1 Å². The van der Waals surface area contributed by atoms with Crippen LogP contribution in [0.5, 0.6) is 0 Å². The second-order valence-electron chi connectivity index (χ2n) is 8.38. The zero-order valence-corrected chi connectivity index (χ0v) is 19.2. The molecule has 0 fully saturated rings. The molecule has 1 atom stereocenters. The highest BCUT2D eigenvalue weighted by Crippen LogP contribution is 2.26. The summed E-state index contributed by atoms with van der Waals surface area (Å²) in [5, 5.41) is 13.9. The van der Waals surface area contributed by atoms with Gasteiger partial charge in [-0.25, -0.2) is 4.79 Å². The number of nitrogens with one attached hydrogen (secondary N) is 2. The second-order valence-corrected chi connectivity index (χ2v) is 8.38. The Labute approximate surface area is 184 Å². The van der Waals surface area contributed by atoms with Gasteiger partial charge in [-0.05, 0) is 38.0 Å². The van der Waals surface area contributed by atoms with Gasteiger partial charge in [0.15, 0.2) is 0 Å². The number of allylic oxidation sites excluding steroid dienone is 1. The van der Waals surface area contributed by atoms with E-state index in [-0.39, 0.29) is 37.4 Å². The topological polar surface area (TPSA) is 139 Å². The van der Waals surface area contributed by atoms with Crippen molar-refractivity contribution in [1.82, 2.24) is 10.6 Å². The summed E-state index contributed by atoms with van der Waals surface area (Å²) in [6, 6.07) is 0. The van der Waals surface area contributed by atoms with Gasteiger partial charge in [-0.1, -0.05) is 26.8 Å². The molecule has 31 heavy (non-hydrogen) atoms. The summed E-state index contributed by atoms with van der Waals surface area (Å²) < 4.78 is 4.91. The number of ketones is 2. The summed E-state index contributed by atoms with van der Waals surface area (Å²) in [4.78, 5) is 58.2. The van der Waals surface area contributed by atoms with Gasteiger partial charge in [0.05, 0.1) is 19.6 Å². The smallest absolute Gasteiger partial charge is 0.333 e. The van der Waals surface area contributed by atoms with Crippen molar-refractivity contribution in [2.45, 2.75) is 60.3 Å². The van der Waals surface area contributed by atoms with E-state index in [4.69, 9.17) is 9.84 Å². The van der Waals surface area contributed by atoms with E-state index in [1.807, 2.05) is 20.8 Å². The van der Waals surface area contributed by atoms with Crippen LogP contribution >= 0.6 is 0 Å². The maximum Gasteiger partial charge on any atom is 0.333 e. The number of ether oxygens (including phenoxy) is 1. The first-order valence-electron chi connectivity index (χ1n) is 10.5. The van der Waals surface area contributed by atoms with Crippen molar-refractivity contribution in [3.05, 3.63) is 11.6 Å². The molecule has 0 aliphatic carbocycles. The van der Waals surface area contributed by atoms with Crippen molar-refractivity contribution < 1.29 is 33.8 Å². The lowest BCUT2D eigenvalue weighted by molar-refractivity contribution is -0.142. The van der Waals surface area contributed by atoms with E-state index in [1.165, 1.54) is 0 Å². The summed E-state index contributed by atoms with van der Waals surface area (Å²) in [6.07, 6.45) is 2.59. The lowest BCUT2D eigenvalue weighted by Crippen LogP contribution is -2.39. The number of rotatable bonds is 15. The number of hydrogen-bond acceptors (Lipinski definition) is 7. The molecule has 0 aliphatic heterocycles. The monoisotopic (exact) mass is 440 g/mol. The molecule has 0 saturated heterocycles. The Hall–Kier alpha value is -2.55. The van der Waals surface area contributed by atoms with Crippen molar-refractivity contribution in [3.63, 3.8) is 0 Å². The van der Waals surface area contributed by atoms with Crippen molar-refractivity contribution >= 4 is 29.4 Å². The van der Waals surface area contributed by atoms with Gasteiger partial charge < -0.3 is 20.5 Å². The third-order valence-corrected chi connectivity index (χ3v) is 4.71. The van der Waals surface area contributed by atoms with Gasteiger partial charge >= 0.3 is 5.97 Å². The molecule has 176 valence electrons. The second kappa shape index (κ2) is 14.5. The highest BCUT2D eigenvalue weighted by atomic mass is 16.5. The van der Waals surface area contributed by atoms with E-state index < -0.39 is 29.4 Å². The van der Waals surface area contributed by atoms with Crippen molar-refractivity contribution in [2.75, 3.05) is 26.3 Å². The molecule has 0 aromatic heterocycles. The average Bonchev–Trinajstić information content (AvgIpc) is 2.70. The van der Waals surface area contributed by atoms with Crippen molar-refractivity contribution in [1.29, 1.82) is 0 Å². The van der Waals surface area contributed by atoms with Crippen molar-refractivity contribution in [2.24, 2.45) is 11.3 Å². The van der Waals surface area contributed by atoms with Crippen LogP contribution in [0, 0.1) is 11.3 Å². The van der Waals surface area contributed by atoms with Gasteiger partial charge in [-0.3, -0.25) is 19.2 Å². The van der Waals surface area contributed by atoms with E-state index in [1.54, 1.807) is 19.9 Å². The van der Waals surface area contributed by atoms with E-state index in [0.29, 0.717) is 25.1 Å². The highest BCUT2D eigenvalue weighted by Gasteiger charge is 2.24. The average molecular weight is 441 g/mol. The first-order chi connectivity index (χ1) is 14.4. The fourth-order valence-corrected chi connectivity index (χ4v) is 2.86. The minimum Gasteiger partial charge on any atom is -0.462 e. The number of aliphatic hydroxyl groups excluding tert-OH is 1. The highest BCUT2D eigenvalue weighted by molar-refractivity contribution is 6.36. The van der Waals surface area contributed by atoms with Crippen LogP contribution in [0.15, 0.2) is 11.6 Å². The molecule has 0 aliphatic rings. The quantitative estimate of drug-likeness (QED) is 0.197. The summed E-state index contributed by atoms with van der Waals surface area (Å²) in [6.45, 7) is 9.34. The summed E-state index contributed by atoms with van der Waals surface area (Å²) >= 11 is 0. The third kappa shape index (κ3) is 12.7. The molecule has 0 heterocycles. The lowest BCUT2D eigenvalue weighted by atomic mass is 9.82. The molecule has 0 rings (SSSR count). The zero-order chi connectivity index (χ0) is 24.0. The maximum absolute atomic E-state index is 11.9. The molecule has 9 nitrogen and oxygen atoms in total. The fraction of sp³-hybridized carbons (Fsp3) is 0.682. The Kier molecular flexibility index (Phi) is 13.3. The predicted molar refractivity (Wildman–Crippen MR) is 115 cm³/mol. The fourth-order valence-electron chi connectivity index (χ4n) is 2.86. The molecule has 0 aromatic rings.